The molecule has 2 saturated heterocycles. The van der Waals surface area contributed by atoms with Crippen LogP contribution in [0.25, 0.3) is 0 Å². The fourth-order valence-electron chi connectivity index (χ4n) is 3.67. The molecular formula is C14H16F3NO3S. The molecule has 4 nitrogen and oxygen atoms in total. The fraction of sp³-hybridized carbons (Fsp3) is 0.643. The van der Waals surface area contributed by atoms with Gasteiger partial charge in [0, 0.05) is 11.8 Å². The summed E-state index contributed by atoms with van der Waals surface area (Å²) in [7, 11) is -3.35. The summed E-state index contributed by atoms with van der Waals surface area (Å²) < 4.78 is 63.9. The molecule has 2 atom stereocenters. The molecule has 2 fully saturated rings. The molecule has 1 aromatic heterocycles. The first-order valence-electron chi connectivity index (χ1n) is 7.12. The minimum absolute atomic E-state index is 0.194. The van der Waals surface area contributed by atoms with Gasteiger partial charge in [-0.25, -0.2) is 8.42 Å². The summed E-state index contributed by atoms with van der Waals surface area (Å²) in [5.74, 6) is 0. The Balaban J connectivity index is 2.06. The second-order valence-electron chi connectivity index (χ2n) is 6.10. The Hall–Kier alpha value is -1.15. The van der Waals surface area contributed by atoms with Crippen molar-refractivity contribution in [2.24, 2.45) is 0 Å². The maximum atomic E-state index is 13.1. The standard InChI is InChI=1S/C14H16F3NO3S/c15-14(16,17)12-11(5-2-6-18-12)13(19)7-9-3-1-4-10(8-13)22(9,20)21/h2,5-6,9-10,19H,1,3-4,7-8H2. The second kappa shape index (κ2) is 4.92. The summed E-state index contributed by atoms with van der Waals surface area (Å²) in [6.07, 6.45) is -2.54. The largest absolute Gasteiger partial charge is 0.433 e. The maximum absolute atomic E-state index is 13.1. The van der Waals surface area contributed by atoms with Gasteiger partial charge in [-0.2, -0.15) is 13.2 Å². The van der Waals surface area contributed by atoms with E-state index in [2.05, 4.69) is 4.98 Å². The lowest BCUT2D eigenvalue weighted by atomic mass is 9.79. The lowest BCUT2D eigenvalue weighted by molar-refractivity contribution is -0.145. The first-order valence-corrected chi connectivity index (χ1v) is 8.73. The Morgan fingerprint density at radius 3 is 2.36 bits per heavy atom. The molecule has 2 aliphatic rings. The predicted octanol–water partition coefficient (Wildman–Crippen LogP) is 2.42. The number of hydrogen-bond donors (Lipinski definition) is 1. The molecule has 0 spiro atoms. The van der Waals surface area contributed by atoms with Crippen LogP contribution in [-0.4, -0.2) is 29.0 Å². The molecule has 0 amide bonds. The van der Waals surface area contributed by atoms with E-state index in [4.69, 9.17) is 0 Å². The fourth-order valence-corrected chi connectivity index (χ4v) is 6.22. The minimum Gasteiger partial charge on any atom is -0.385 e. The van der Waals surface area contributed by atoms with Crippen LogP contribution in [0.15, 0.2) is 18.3 Å². The molecule has 0 saturated carbocycles. The highest BCUT2D eigenvalue weighted by atomic mass is 32.2. The SMILES string of the molecule is O=S1(=O)C2CCCC1CC(O)(c1cccnc1C(F)(F)F)C2. The average Bonchev–Trinajstić information content (AvgIpc) is 2.40. The van der Waals surface area contributed by atoms with E-state index < -0.39 is 37.8 Å². The van der Waals surface area contributed by atoms with Gasteiger partial charge in [0.15, 0.2) is 9.84 Å². The van der Waals surface area contributed by atoms with Crippen LogP contribution in [0.5, 0.6) is 0 Å². The second-order valence-corrected chi connectivity index (χ2v) is 8.61. The van der Waals surface area contributed by atoms with Crippen LogP contribution >= 0.6 is 0 Å². The van der Waals surface area contributed by atoms with Gasteiger partial charge in [0.2, 0.25) is 0 Å². The molecule has 0 aliphatic carbocycles. The number of aromatic nitrogens is 1. The normalized spacial score (nSPS) is 34.4. The first-order chi connectivity index (χ1) is 10.1. The van der Waals surface area contributed by atoms with Crippen LogP contribution in [0.3, 0.4) is 0 Å². The van der Waals surface area contributed by atoms with Crippen molar-refractivity contribution in [1.29, 1.82) is 0 Å². The zero-order chi connectivity index (χ0) is 16.2. The van der Waals surface area contributed by atoms with Crippen molar-refractivity contribution in [3.05, 3.63) is 29.6 Å². The lowest BCUT2D eigenvalue weighted by Gasteiger charge is -2.44. The van der Waals surface area contributed by atoms with Crippen molar-refractivity contribution >= 4 is 9.84 Å². The average molecular weight is 335 g/mol. The molecule has 1 aromatic rings. The number of pyridine rings is 1. The number of fused-ring (bicyclic) bond motifs is 2. The maximum Gasteiger partial charge on any atom is 0.433 e. The molecule has 0 radical (unpaired) electrons. The first kappa shape index (κ1) is 15.7. The van der Waals surface area contributed by atoms with E-state index in [9.17, 15) is 26.7 Å². The van der Waals surface area contributed by atoms with Crippen LogP contribution in [-0.2, 0) is 21.6 Å². The number of hydrogen-bond acceptors (Lipinski definition) is 4. The molecule has 2 bridgehead atoms. The van der Waals surface area contributed by atoms with Gasteiger partial charge in [-0.15, -0.1) is 0 Å². The summed E-state index contributed by atoms with van der Waals surface area (Å²) >= 11 is 0. The third-order valence-electron chi connectivity index (χ3n) is 4.69. The van der Waals surface area contributed by atoms with E-state index in [0.29, 0.717) is 12.8 Å². The molecule has 122 valence electrons. The van der Waals surface area contributed by atoms with Gasteiger partial charge in [0.05, 0.1) is 16.1 Å². The van der Waals surface area contributed by atoms with Crippen LogP contribution in [0.2, 0.25) is 0 Å². The number of alkyl halides is 3. The van der Waals surface area contributed by atoms with Crippen LogP contribution in [0, 0.1) is 0 Å². The van der Waals surface area contributed by atoms with Gasteiger partial charge in [0.1, 0.15) is 5.69 Å². The topological polar surface area (TPSA) is 67.3 Å². The highest BCUT2D eigenvalue weighted by Crippen LogP contribution is 2.48. The minimum atomic E-state index is -4.68. The molecule has 2 unspecified atom stereocenters. The zero-order valence-electron chi connectivity index (χ0n) is 11.7. The number of aliphatic hydroxyl groups is 1. The Morgan fingerprint density at radius 1 is 1.23 bits per heavy atom. The van der Waals surface area contributed by atoms with Crippen LogP contribution in [0.1, 0.15) is 43.4 Å². The zero-order valence-corrected chi connectivity index (χ0v) is 12.5. The summed E-state index contributed by atoms with van der Waals surface area (Å²) in [5.41, 5.74) is -3.23. The molecule has 2 aliphatic heterocycles. The van der Waals surface area contributed by atoms with Crippen molar-refractivity contribution < 1.29 is 26.7 Å². The van der Waals surface area contributed by atoms with Crippen molar-refractivity contribution in [1.82, 2.24) is 4.98 Å². The Bertz CT molecular complexity index is 667. The predicted molar refractivity (Wildman–Crippen MR) is 72.7 cm³/mol. The van der Waals surface area contributed by atoms with E-state index >= 15 is 0 Å². The van der Waals surface area contributed by atoms with Crippen molar-refractivity contribution in [3.8, 4) is 0 Å². The molecule has 3 heterocycles. The van der Waals surface area contributed by atoms with Gasteiger partial charge in [-0.1, -0.05) is 12.5 Å². The van der Waals surface area contributed by atoms with E-state index in [1.165, 1.54) is 12.1 Å². The number of rotatable bonds is 1. The molecule has 8 heteroatoms. The van der Waals surface area contributed by atoms with Gasteiger partial charge < -0.3 is 5.11 Å². The van der Waals surface area contributed by atoms with Gasteiger partial charge in [-0.05, 0) is 31.7 Å². The number of sulfone groups is 1. The quantitative estimate of drug-likeness (QED) is 0.856. The van der Waals surface area contributed by atoms with Crippen LogP contribution < -0.4 is 0 Å². The summed E-state index contributed by atoms with van der Waals surface area (Å²) in [6.45, 7) is 0. The van der Waals surface area contributed by atoms with Gasteiger partial charge in [-0.3, -0.25) is 4.98 Å². The molecule has 3 rings (SSSR count). The lowest BCUT2D eigenvalue weighted by Crippen LogP contribution is -2.50. The Morgan fingerprint density at radius 2 is 1.82 bits per heavy atom. The van der Waals surface area contributed by atoms with E-state index in [-0.39, 0.29) is 18.4 Å². The van der Waals surface area contributed by atoms with Gasteiger partial charge in [0.25, 0.3) is 0 Å². The monoisotopic (exact) mass is 335 g/mol. The summed E-state index contributed by atoms with van der Waals surface area (Å²) in [4.78, 5) is 3.37. The third kappa shape index (κ3) is 2.42. The molecule has 0 aromatic carbocycles. The third-order valence-corrected chi connectivity index (χ3v) is 7.35. The van der Waals surface area contributed by atoms with Crippen molar-refractivity contribution in [2.75, 3.05) is 0 Å². The van der Waals surface area contributed by atoms with Crippen molar-refractivity contribution in [3.63, 3.8) is 0 Å². The molecular weight excluding hydrogens is 319 g/mol. The highest BCUT2D eigenvalue weighted by Gasteiger charge is 2.53. The van der Waals surface area contributed by atoms with Crippen LogP contribution in [0.4, 0.5) is 13.2 Å². The molecule has 22 heavy (non-hydrogen) atoms. The molecule has 1 N–H and O–H groups in total. The smallest absolute Gasteiger partial charge is 0.385 e. The highest BCUT2D eigenvalue weighted by molar-refractivity contribution is 7.92. The summed E-state index contributed by atoms with van der Waals surface area (Å²) in [6, 6.07) is 2.53. The van der Waals surface area contributed by atoms with E-state index in [1.54, 1.807) is 0 Å². The number of halogens is 3. The number of nitrogens with zero attached hydrogens (tertiary/aromatic N) is 1. The van der Waals surface area contributed by atoms with Crippen molar-refractivity contribution in [2.45, 2.75) is 54.4 Å². The summed E-state index contributed by atoms with van der Waals surface area (Å²) in [5, 5.41) is 9.28. The Kier molecular flexibility index (Phi) is 3.52. The van der Waals surface area contributed by atoms with E-state index in [0.717, 1.165) is 12.6 Å². The van der Waals surface area contributed by atoms with Gasteiger partial charge >= 0.3 is 6.18 Å². The van der Waals surface area contributed by atoms with E-state index in [1.807, 2.05) is 0 Å². The Labute approximate surface area is 126 Å².